The molecular formula is C16H23OSi. The molecule has 0 saturated heterocycles. The molecule has 0 spiro atoms. The van der Waals surface area contributed by atoms with Gasteiger partial charge in [-0.3, -0.25) is 0 Å². The van der Waals surface area contributed by atoms with Crippen molar-refractivity contribution in [3.63, 3.8) is 0 Å². The van der Waals surface area contributed by atoms with Crippen molar-refractivity contribution in [1.82, 2.24) is 0 Å². The van der Waals surface area contributed by atoms with Crippen LogP contribution in [0.15, 0.2) is 24.3 Å². The fraction of sp³-hybridized carbons (Fsp3) is 0.500. The molecule has 0 heterocycles. The summed E-state index contributed by atoms with van der Waals surface area (Å²) in [4.78, 5) is 0. The second-order valence-electron chi connectivity index (χ2n) is 6.13. The maximum atomic E-state index is 5.85. The summed E-state index contributed by atoms with van der Waals surface area (Å²) in [5.74, 6) is 0. The van der Waals surface area contributed by atoms with Crippen LogP contribution < -0.4 is 0 Å². The highest BCUT2D eigenvalue weighted by atomic mass is 28.3. The van der Waals surface area contributed by atoms with Crippen molar-refractivity contribution in [3.05, 3.63) is 41.0 Å². The number of fused-ring (bicyclic) bond motifs is 1. The quantitative estimate of drug-likeness (QED) is 0.729. The molecule has 1 aromatic carbocycles. The van der Waals surface area contributed by atoms with E-state index in [1.54, 1.807) is 0 Å². The first-order valence-corrected chi connectivity index (χ1v) is 9.09. The fourth-order valence-corrected chi connectivity index (χ4v) is 2.91. The van der Waals surface area contributed by atoms with E-state index in [1.807, 2.05) is 0 Å². The van der Waals surface area contributed by atoms with E-state index in [0.717, 1.165) is 19.4 Å². The molecule has 0 bridgehead atoms. The predicted octanol–water partition coefficient (Wildman–Crippen LogP) is 4.44. The van der Waals surface area contributed by atoms with Gasteiger partial charge in [-0.1, -0.05) is 44.2 Å². The van der Waals surface area contributed by atoms with E-state index in [2.05, 4.69) is 57.3 Å². The summed E-state index contributed by atoms with van der Waals surface area (Å²) in [6, 6.07) is 6.64. The van der Waals surface area contributed by atoms with Gasteiger partial charge in [-0.15, -0.1) is 0 Å². The number of rotatable bonds is 3. The van der Waals surface area contributed by atoms with Crippen LogP contribution >= 0.6 is 0 Å². The molecule has 1 aliphatic carbocycles. The molecule has 1 aromatic rings. The Bertz CT molecular complexity index is 446. The van der Waals surface area contributed by atoms with Gasteiger partial charge in [-0.05, 0) is 48.0 Å². The average molecular weight is 259 g/mol. The number of hydrogen-bond acceptors (Lipinski definition) is 1. The topological polar surface area (TPSA) is 9.23 Å². The van der Waals surface area contributed by atoms with Crippen LogP contribution in [0.1, 0.15) is 37.0 Å². The van der Waals surface area contributed by atoms with Gasteiger partial charge in [0.25, 0.3) is 0 Å². The Morgan fingerprint density at radius 3 is 2.78 bits per heavy atom. The van der Waals surface area contributed by atoms with Crippen molar-refractivity contribution in [3.8, 4) is 0 Å². The average Bonchev–Trinajstić information content (AvgIpc) is 2.43. The molecule has 18 heavy (non-hydrogen) atoms. The molecule has 2 rings (SSSR count). The Kier molecular flexibility index (Phi) is 4.08. The molecule has 0 amide bonds. The van der Waals surface area contributed by atoms with Crippen molar-refractivity contribution in [2.75, 3.05) is 0 Å². The van der Waals surface area contributed by atoms with Crippen LogP contribution in [-0.2, 0) is 17.5 Å². The summed E-state index contributed by atoms with van der Waals surface area (Å²) in [5.41, 5.74) is 4.57. The van der Waals surface area contributed by atoms with E-state index in [9.17, 15) is 0 Å². The minimum Gasteiger partial charge on any atom is -0.413 e. The lowest BCUT2D eigenvalue weighted by molar-refractivity contribution is 0.314. The van der Waals surface area contributed by atoms with Gasteiger partial charge < -0.3 is 4.43 Å². The molecule has 0 aliphatic heterocycles. The first kappa shape index (κ1) is 13.6. The van der Waals surface area contributed by atoms with E-state index in [-0.39, 0.29) is 0 Å². The largest absolute Gasteiger partial charge is 0.413 e. The van der Waals surface area contributed by atoms with Crippen LogP contribution in [0.25, 0.3) is 6.08 Å². The summed E-state index contributed by atoms with van der Waals surface area (Å²) in [6.45, 7) is 9.81. The molecule has 0 atom stereocenters. The van der Waals surface area contributed by atoms with Crippen molar-refractivity contribution in [1.29, 1.82) is 0 Å². The number of allylic oxidation sites excluding steroid dienone is 1. The Balaban J connectivity index is 2.29. The molecule has 0 fully saturated rings. The molecule has 0 saturated carbocycles. The van der Waals surface area contributed by atoms with Gasteiger partial charge in [0.05, 0.1) is 6.61 Å². The zero-order chi connectivity index (χ0) is 13.2. The molecular weight excluding hydrogens is 236 g/mol. The summed E-state index contributed by atoms with van der Waals surface area (Å²) in [6.07, 6.45) is 6.91. The van der Waals surface area contributed by atoms with Crippen LogP contribution in [-0.4, -0.2) is 9.04 Å². The van der Waals surface area contributed by atoms with E-state index in [4.69, 9.17) is 4.43 Å². The summed E-state index contributed by atoms with van der Waals surface area (Å²) >= 11 is 0. The summed E-state index contributed by atoms with van der Waals surface area (Å²) in [7, 11) is -0.614. The van der Waals surface area contributed by atoms with Crippen LogP contribution in [0, 0.1) is 5.41 Å². The van der Waals surface area contributed by atoms with Crippen molar-refractivity contribution in [2.45, 2.75) is 46.4 Å². The molecule has 0 N–H and O–H groups in total. The van der Waals surface area contributed by atoms with E-state index in [1.165, 1.54) is 16.7 Å². The predicted molar refractivity (Wildman–Crippen MR) is 79.8 cm³/mol. The monoisotopic (exact) mass is 259 g/mol. The minimum atomic E-state index is -0.614. The van der Waals surface area contributed by atoms with Gasteiger partial charge in [-0.25, -0.2) is 0 Å². The van der Waals surface area contributed by atoms with E-state index < -0.39 is 9.04 Å². The first-order valence-electron chi connectivity index (χ1n) is 6.68. The Hall–Kier alpha value is -0.863. The van der Waals surface area contributed by atoms with Crippen molar-refractivity contribution >= 4 is 15.1 Å². The van der Waals surface area contributed by atoms with Gasteiger partial charge in [-0.2, -0.15) is 0 Å². The third kappa shape index (κ3) is 3.33. The number of benzene rings is 1. The Labute approximate surface area is 113 Å². The normalized spacial score (nSPS) is 17.6. The summed E-state index contributed by atoms with van der Waals surface area (Å²) < 4.78 is 5.85. The fourth-order valence-electron chi connectivity index (χ4n) is 2.47. The molecule has 2 heteroatoms. The standard InChI is InChI=1S/C16H23OSi/c1-16(2)10-6-9-15-13(11-16)7-5-8-14(15)12-17-18(3)4/h5-9H,10-12H2,1-4H3. The summed E-state index contributed by atoms with van der Waals surface area (Å²) in [5, 5.41) is 0. The molecule has 1 radical (unpaired) electrons. The Morgan fingerprint density at radius 2 is 2.06 bits per heavy atom. The lowest BCUT2D eigenvalue weighted by Gasteiger charge is -2.22. The Morgan fingerprint density at radius 1 is 1.28 bits per heavy atom. The third-order valence-electron chi connectivity index (χ3n) is 3.43. The SMILES string of the molecule is C[Si](C)OCc1cccc2c1C=CCC(C)(C)C2. The molecule has 97 valence electrons. The van der Waals surface area contributed by atoms with E-state index >= 15 is 0 Å². The van der Waals surface area contributed by atoms with Crippen LogP contribution in [0.4, 0.5) is 0 Å². The van der Waals surface area contributed by atoms with Crippen LogP contribution in [0.3, 0.4) is 0 Å². The third-order valence-corrected chi connectivity index (χ3v) is 4.15. The first-order chi connectivity index (χ1) is 8.48. The van der Waals surface area contributed by atoms with Crippen molar-refractivity contribution in [2.24, 2.45) is 5.41 Å². The smallest absolute Gasteiger partial charge is 0.205 e. The highest BCUT2D eigenvalue weighted by molar-refractivity contribution is 6.48. The minimum absolute atomic E-state index is 0.367. The lowest BCUT2D eigenvalue weighted by Crippen LogP contribution is -2.14. The highest BCUT2D eigenvalue weighted by Crippen LogP contribution is 2.33. The van der Waals surface area contributed by atoms with Gasteiger partial charge in [0, 0.05) is 0 Å². The maximum absolute atomic E-state index is 5.85. The maximum Gasteiger partial charge on any atom is 0.205 e. The van der Waals surface area contributed by atoms with E-state index in [0.29, 0.717) is 5.41 Å². The lowest BCUT2D eigenvalue weighted by atomic mass is 9.83. The second-order valence-corrected chi connectivity index (χ2v) is 8.24. The highest BCUT2D eigenvalue weighted by Gasteiger charge is 2.21. The zero-order valence-electron chi connectivity index (χ0n) is 11.9. The van der Waals surface area contributed by atoms with Crippen molar-refractivity contribution < 1.29 is 4.43 Å². The molecule has 1 aliphatic rings. The number of hydrogen-bond donors (Lipinski definition) is 0. The van der Waals surface area contributed by atoms with Gasteiger partial charge in [0.1, 0.15) is 0 Å². The van der Waals surface area contributed by atoms with Crippen LogP contribution in [0.2, 0.25) is 13.1 Å². The van der Waals surface area contributed by atoms with Gasteiger partial charge >= 0.3 is 0 Å². The molecule has 0 unspecified atom stereocenters. The molecule has 0 aromatic heterocycles. The van der Waals surface area contributed by atoms with Gasteiger partial charge in [0.15, 0.2) is 0 Å². The molecule has 1 nitrogen and oxygen atoms in total. The van der Waals surface area contributed by atoms with Crippen LogP contribution in [0.5, 0.6) is 0 Å². The zero-order valence-corrected chi connectivity index (χ0v) is 12.9. The second kappa shape index (κ2) is 5.41. The van der Waals surface area contributed by atoms with Gasteiger partial charge in [0.2, 0.25) is 9.04 Å².